The second kappa shape index (κ2) is 7.98. The molecule has 1 heterocycles. The van der Waals surface area contributed by atoms with Crippen molar-refractivity contribution >= 4 is 23.2 Å². The number of nitrogens with two attached hydrogens (primary N) is 1. The minimum Gasteiger partial charge on any atom is -0.347 e. The van der Waals surface area contributed by atoms with E-state index >= 15 is 0 Å². The molecule has 4 N–H and O–H groups in total. The summed E-state index contributed by atoms with van der Waals surface area (Å²) < 4.78 is 13.0. The lowest BCUT2D eigenvalue weighted by atomic mass is 10.2. The fraction of sp³-hybridized carbons (Fsp3) is 0.312. The SMILES string of the molecule is Cc1nc(-c2ccc(F)cc2)sc1C(C)NC(=O)CNC(=O)CN. The van der Waals surface area contributed by atoms with Crippen LogP contribution in [0.2, 0.25) is 0 Å². The molecule has 128 valence electrons. The minimum absolute atomic E-state index is 0.122. The highest BCUT2D eigenvalue weighted by Crippen LogP contribution is 2.31. The molecule has 0 aliphatic carbocycles. The van der Waals surface area contributed by atoms with Crippen LogP contribution in [0.1, 0.15) is 23.5 Å². The predicted molar refractivity (Wildman–Crippen MR) is 90.9 cm³/mol. The third-order valence-corrected chi connectivity index (χ3v) is 4.72. The number of halogens is 1. The molecule has 0 radical (unpaired) electrons. The third kappa shape index (κ3) is 4.59. The van der Waals surface area contributed by atoms with Gasteiger partial charge in [0.2, 0.25) is 11.8 Å². The third-order valence-electron chi connectivity index (χ3n) is 3.33. The van der Waals surface area contributed by atoms with Crippen LogP contribution in [0.5, 0.6) is 0 Å². The van der Waals surface area contributed by atoms with E-state index < -0.39 is 0 Å². The van der Waals surface area contributed by atoms with E-state index in [4.69, 9.17) is 5.73 Å². The number of benzene rings is 1. The Kier molecular flexibility index (Phi) is 5.99. The number of aryl methyl sites for hydroxylation is 1. The lowest BCUT2D eigenvalue weighted by Gasteiger charge is -2.13. The molecule has 1 aromatic carbocycles. The smallest absolute Gasteiger partial charge is 0.239 e. The standard InChI is InChI=1S/C16H19FN4O2S/c1-9(20-14(23)8-19-13(22)7-18)15-10(2)21-16(24-15)11-3-5-12(17)6-4-11/h3-6,9H,7-8,18H2,1-2H3,(H,19,22)(H,20,23). The Morgan fingerprint density at radius 2 is 1.96 bits per heavy atom. The van der Waals surface area contributed by atoms with Crippen molar-refractivity contribution in [3.05, 3.63) is 40.7 Å². The maximum absolute atomic E-state index is 13.0. The lowest BCUT2D eigenvalue weighted by Crippen LogP contribution is -2.40. The Labute approximate surface area is 143 Å². The lowest BCUT2D eigenvalue weighted by molar-refractivity contribution is -0.125. The van der Waals surface area contributed by atoms with Gasteiger partial charge < -0.3 is 16.4 Å². The molecule has 0 bridgehead atoms. The van der Waals surface area contributed by atoms with Crippen LogP contribution in [0.25, 0.3) is 10.6 Å². The molecule has 0 spiro atoms. The molecular formula is C16H19FN4O2S. The van der Waals surface area contributed by atoms with E-state index in [9.17, 15) is 14.0 Å². The highest BCUT2D eigenvalue weighted by atomic mass is 32.1. The van der Waals surface area contributed by atoms with Crippen LogP contribution in [0.15, 0.2) is 24.3 Å². The van der Waals surface area contributed by atoms with E-state index in [2.05, 4.69) is 15.6 Å². The number of carbonyl (C=O) groups excluding carboxylic acids is 2. The first kappa shape index (κ1) is 18.0. The maximum Gasteiger partial charge on any atom is 0.239 e. The molecule has 2 amide bonds. The molecule has 1 unspecified atom stereocenters. The molecule has 24 heavy (non-hydrogen) atoms. The summed E-state index contributed by atoms with van der Waals surface area (Å²) in [4.78, 5) is 28.3. The van der Waals surface area contributed by atoms with Gasteiger partial charge in [0.1, 0.15) is 10.8 Å². The van der Waals surface area contributed by atoms with Crippen LogP contribution >= 0.6 is 11.3 Å². The second-order valence-electron chi connectivity index (χ2n) is 5.25. The van der Waals surface area contributed by atoms with Gasteiger partial charge in [0.05, 0.1) is 29.7 Å². The summed E-state index contributed by atoms with van der Waals surface area (Å²) in [6.07, 6.45) is 0. The fourth-order valence-corrected chi connectivity index (χ4v) is 3.21. The first-order chi connectivity index (χ1) is 11.4. The van der Waals surface area contributed by atoms with Gasteiger partial charge >= 0.3 is 0 Å². The van der Waals surface area contributed by atoms with E-state index in [1.807, 2.05) is 13.8 Å². The van der Waals surface area contributed by atoms with Gasteiger partial charge in [0.15, 0.2) is 0 Å². The summed E-state index contributed by atoms with van der Waals surface area (Å²) in [5.41, 5.74) is 6.79. The van der Waals surface area contributed by atoms with Crippen molar-refractivity contribution in [2.75, 3.05) is 13.1 Å². The van der Waals surface area contributed by atoms with Crippen LogP contribution < -0.4 is 16.4 Å². The topological polar surface area (TPSA) is 97.1 Å². The van der Waals surface area contributed by atoms with Gasteiger partial charge in [-0.1, -0.05) is 0 Å². The van der Waals surface area contributed by atoms with Gasteiger partial charge in [-0.05, 0) is 38.1 Å². The zero-order valence-corrected chi connectivity index (χ0v) is 14.2. The van der Waals surface area contributed by atoms with E-state index in [-0.39, 0.29) is 36.8 Å². The van der Waals surface area contributed by atoms with Crippen LogP contribution in [0.4, 0.5) is 4.39 Å². The summed E-state index contributed by atoms with van der Waals surface area (Å²) >= 11 is 1.44. The monoisotopic (exact) mass is 350 g/mol. The fourth-order valence-electron chi connectivity index (χ4n) is 2.13. The molecule has 8 heteroatoms. The number of nitrogens with one attached hydrogen (secondary N) is 2. The number of hydrogen-bond donors (Lipinski definition) is 3. The zero-order chi connectivity index (χ0) is 17.7. The Bertz CT molecular complexity index is 730. The average Bonchev–Trinajstić information content (AvgIpc) is 2.95. The summed E-state index contributed by atoms with van der Waals surface area (Å²) in [6, 6.07) is 5.86. The van der Waals surface area contributed by atoms with Crippen molar-refractivity contribution in [2.24, 2.45) is 5.73 Å². The molecular weight excluding hydrogens is 331 g/mol. The molecule has 0 aliphatic heterocycles. The highest BCUT2D eigenvalue weighted by Gasteiger charge is 2.17. The van der Waals surface area contributed by atoms with E-state index in [1.165, 1.54) is 23.5 Å². The molecule has 0 saturated carbocycles. The van der Waals surface area contributed by atoms with E-state index in [0.717, 1.165) is 21.1 Å². The van der Waals surface area contributed by atoms with Crippen molar-refractivity contribution in [3.63, 3.8) is 0 Å². The molecule has 2 rings (SSSR count). The quantitative estimate of drug-likeness (QED) is 0.736. The molecule has 1 aromatic heterocycles. The number of amides is 2. The van der Waals surface area contributed by atoms with Gasteiger partial charge in [-0.2, -0.15) is 0 Å². The number of nitrogens with zero attached hydrogens (tertiary/aromatic N) is 1. The highest BCUT2D eigenvalue weighted by molar-refractivity contribution is 7.15. The molecule has 1 atom stereocenters. The van der Waals surface area contributed by atoms with E-state index in [1.54, 1.807) is 12.1 Å². The van der Waals surface area contributed by atoms with Gasteiger partial charge in [-0.15, -0.1) is 11.3 Å². The first-order valence-electron chi connectivity index (χ1n) is 7.40. The van der Waals surface area contributed by atoms with Crippen LogP contribution in [-0.4, -0.2) is 29.9 Å². The number of hydrogen-bond acceptors (Lipinski definition) is 5. The molecule has 2 aromatic rings. The molecule has 6 nitrogen and oxygen atoms in total. The average molecular weight is 350 g/mol. The van der Waals surface area contributed by atoms with Crippen molar-refractivity contribution in [2.45, 2.75) is 19.9 Å². The Morgan fingerprint density at radius 3 is 2.58 bits per heavy atom. The molecule has 0 fully saturated rings. The number of thiazole rings is 1. The second-order valence-corrected chi connectivity index (χ2v) is 6.28. The zero-order valence-electron chi connectivity index (χ0n) is 13.4. The number of rotatable bonds is 6. The maximum atomic E-state index is 13.0. The van der Waals surface area contributed by atoms with Crippen LogP contribution in [0, 0.1) is 12.7 Å². The summed E-state index contributed by atoms with van der Waals surface area (Å²) in [5.74, 6) is -0.988. The van der Waals surface area contributed by atoms with Crippen LogP contribution in [-0.2, 0) is 9.59 Å². The Morgan fingerprint density at radius 1 is 1.29 bits per heavy atom. The molecule has 0 aliphatic rings. The van der Waals surface area contributed by atoms with Gasteiger partial charge in [0, 0.05) is 5.56 Å². The minimum atomic E-state index is -0.384. The van der Waals surface area contributed by atoms with Crippen molar-refractivity contribution in [3.8, 4) is 10.6 Å². The first-order valence-corrected chi connectivity index (χ1v) is 8.21. The summed E-state index contributed by atoms with van der Waals surface area (Å²) in [6.45, 7) is 3.43. The largest absolute Gasteiger partial charge is 0.347 e. The summed E-state index contributed by atoms with van der Waals surface area (Å²) in [7, 11) is 0. The van der Waals surface area contributed by atoms with Crippen molar-refractivity contribution < 1.29 is 14.0 Å². The Hall–Kier alpha value is -2.32. The summed E-state index contributed by atoms with van der Waals surface area (Å²) in [5, 5.41) is 5.99. The Balaban J connectivity index is 2.04. The van der Waals surface area contributed by atoms with Crippen LogP contribution in [0.3, 0.4) is 0 Å². The predicted octanol–water partition coefficient (Wildman–Crippen LogP) is 1.51. The van der Waals surface area contributed by atoms with Gasteiger partial charge in [0.25, 0.3) is 0 Å². The van der Waals surface area contributed by atoms with E-state index in [0.29, 0.717) is 0 Å². The van der Waals surface area contributed by atoms with Crippen molar-refractivity contribution in [1.29, 1.82) is 0 Å². The van der Waals surface area contributed by atoms with Gasteiger partial charge in [-0.25, -0.2) is 9.37 Å². The molecule has 0 saturated heterocycles. The van der Waals surface area contributed by atoms with Gasteiger partial charge in [-0.3, -0.25) is 9.59 Å². The number of carbonyl (C=O) groups is 2. The normalized spacial score (nSPS) is 11.8. The number of aromatic nitrogens is 1. The van der Waals surface area contributed by atoms with Crippen molar-refractivity contribution in [1.82, 2.24) is 15.6 Å².